The molecule has 0 bridgehead atoms. The zero-order valence-electron chi connectivity index (χ0n) is 15.6. The van der Waals surface area contributed by atoms with Crippen LogP contribution < -0.4 is 20.4 Å². The van der Waals surface area contributed by atoms with Crippen LogP contribution in [-0.4, -0.2) is 65.4 Å². The van der Waals surface area contributed by atoms with E-state index < -0.39 is 5.92 Å². The highest BCUT2D eigenvalue weighted by molar-refractivity contribution is 5.59. The molecule has 0 amide bonds. The highest BCUT2D eigenvalue weighted by Crippen LogP contribution is 2.39. The predicted octanol–water partition coefficient (Wildman–Crippen LogP) is 2.08. The summed E-state index contributed by atoms with van der Waals surface area (Å²) < 4.78 is 27.5. The van der Waals surface area contributed by atoms with Crippen molar-refractivity contribution in [3.8, 4) is 0 Å². The van der Waals surface area contributed by atoms with E-state index in [1.165, 1.54) is 12.8 Å². The molecule has 10 heteroatoms. The van der Waals surface area contributed by atoms with E-state index in [4.69, 9.17) is 0 Å². The van der Waals surface area contributed by atoms with E-state index in [-0.39, 0.29) is 13.0 Å². The Morgan fingerprint density at radius 1 is 1.04 bits per heavy atom. The van der Waals surface area contributed by atoms with Crippen LogP contribution in [0.25, 0.3) is 0 Å². The molecule has 3 N–H and O–H groups in total. The van der Waals surface area contributed by atoms with Gasteiger partial charge in [-0.2, -0.15) is 15.1 Å². The number of anilines is 4. The molecule has 5 rings (SSSR count). The molecule has 150 valence electrons. The standard InChI is InChI=1S/C18H24F2N8/c19-18(20)3-6-28(11-18)16-10-15(27-7-4-21-5-8-27)23-17(24-16)22-14-9-13(25-26-14)12-1-2-12/h9-10,12,21H,1-8,11H2,(H2,22,23,24,25,26). The molecule has 4 heterocycles. The van der Waals surface area contributed by atoms with E-state index in [9.17, 15) is 8.78 Å². The maximum atomic E-state index is 13.7. The van der Waals surface area contributed by atoms with Gasteiger partial charge in [-0.15, -0.1) is 0 Å². The van der Waals surface area contributed by atoms with Gasteiger partial charge in [0.05, 0.1) is 6.54 Å². The lowest BCUT2D eigenvalue weighted by atomic mass is 10.3. The molecular weight excluding hydrogens is 366 g/mol. The molecule has 8 nitrogen and oxygen atoms in total. The molecule has 2 aromatic rings. The Balaban J connectivity index is 1.43. The highest BCUT2D eigenvalue weighted by atomic mass is 19.3. The van der Waals surface area contributed by atoms with Crippen LogP contribution in [0, 0.1) is 0 Å². The van der Waals surface area contributed by atoms with E-state index in [1.807, 2.05) is 12.1 Å². The first-order chi connectivity index (χ1) is 13.6. The molecule has 2 aromatic heterocycles. The van der Waals surface area contributed by atoms with Gasteiger partial charge in [-0.1, -0.05) is 0 Å². The van der Waals surface area contributed by atoms with E-state index >= 15 is 0 Å². The van der Waals surface area contributed by atoms with E-state index in [1.54, 1.807) is 4.90 Å². The van der Waals surface area contributed by atoms with Crippen molar-refractivity contribution in [3.63, 3.8) is 0 Å². The monoisotopic (exact) mass is 390 g/mol. The second-order valence-corrected chi connectivity index (χ2v) is 7.78. The second kappa shape index (κ2) is 6.84. The zero-order valence-corrected chi connectivity index (χ0v) is 15.6. The Bertz CT molecular complexity index is 844. The average molecular weight is 390 g/mol. The minimum absolute atomic E-state index is 0.146. The fraction of sp³-hybridized carbons (Fsp3) is 0.611. The minimum atomic E-state index is -2.67. The number of nitrogens with zero attached hydrogens (tertiary/aromatic N) is 5. The Morgan fingerprint density at radius 2 is 1.79 bits per heavy atom. The second-order valence-electron chi connectivity index (χ2n) is 7.78. The minimum Gasteiger partial charge on any atom is -0.354 e. The summed E-state index contributed by atoms with van der Waals surface area (Å²) in [6, 6.07) is 3.79. The third-order valence-corrected chi connectivity index (χ3v) is 5.49. The Labute approximate surface area is 161 Å². The number of aromatic nitrogens is 4. The van der Waals surface area contributed by atoms with Crippen LogP contribution >= 0.6 is 0 Å². The number of alkyl halides is 2. The maximum absolute atomic E-state index is 13.7. The molecule has 3 fully saturated rings. The van der Waals surface area contributed by atoms with Gasteiger partial charge in [0, 0.05) is 62.9 Å². The van der Waals surface area contributed by atoms with Gasteiger partial charge in [0.1, 0.15) is 11.6 Å². The van der Waals surface area contributed by atoms with Crippen molar-refractivity contribution in [2.24, 2.45) is 0 Å². The lowest BCUT2D eigenvalue weighted by molar-refractivity contribution is 0.0256. The smallest absolute Gasteiger partial charge is 0.266 e. The summed E-state index contributed by atoms with van der Waals surface area (Å²) in [4.78, 5) is 12.9. The van der Waals surface area contributed by atoms with Gasteiger partial charge in [-0.05, 0) is 12.8 Å². The first-order valence-electron chi connectivity index (χ1n) is 9.86. The lowest BCUT2D eigenvalue weighted by Gasteiger charge is -2.29. The summed E-state index contributed by atoms with van der Waals surface area (Å²) >= 11 is 0. The van der Waals surface area contributed by atoms with Crippen LogP contribution in [-0.2, 0) is 0 Å². The summed E-state index contributed by atoms with van der Waals surface area (Å²) in [5, 5.41) is 13.8. The first kappa shape index (κ1) is 17.6. The van der Waals surface area contributed by atoms with Crippen LogP contribution in [0.4, 0.5) is 32.2 Å². The van der Waals surface area contributed by atoms with Crippen molar-refractivity contribution in [3.05, 3.63) is 17.8 Å². The molecule has 2 aliphatic heterocycles. The van der Waals surface area contributed by atoms with Crippen LogP contribution in [0.15, 0.2) is 12.1 Å². The van der Waals surface area contributed by atoms with Gasteiger partial charge in [0.15, 0.2) is 5.82 Å². The Kier molecular flexibility index (Phi) is 4.30. The van der Waals surface area contributed by atoms with Crippen molar-refractivity contribution in [2.45, 2.75) is 31.1 Å². The summed E-state index contributed by atoms with van der Waals surface area (Å²) in [5.74, 6) is 0.212. The fourth-order valence-corrected chi connectivity index (χ4v) is 3.75. The van der Waals surface area contributed by atoms with Crippen molar-refractivity contribution >= 4 is 23.4 Å². The summed E-state index contributed by atoms with van der Waals surface area (Å²) in [5.41, 5.74) is 1.11. The molecular formula is C18H24F2N8. The first-order valence-corrected chi connectivity index (χ1v) is 9.86. The van der Waals surface area contributed by atoms with Gasteiger partial charge in [0.25, 0.3) is 5.92 Å². The summed E-state index contributed by atoms with van der Waals surface area (Å²) in [7, 11) is 0. The topological polar surface area (TPSA) is 85.0 Å². The Morgan fingerprint density at radius 3 is 2.46 bits per heavy atom. The lowest BCUT2D eigenvalue weighted by Crippen LogP contribution is -2.44. The van der Waals surface area contributed by atoms with E-state index in [2.05, 4.69) is 35.7 Å². The molecule has 2 saturated heterocycles. The van der Waals surface area contributed by atoms with Gasteiger partial charge < -0.3 is 20.4 Å². The molecule has 0 unspecified atom stereocenters. The number of nitrogens with one attached hydrogen (secondary N) is 3. The molecule has 0 radical (unpaired) electrons. The number of piperazine rings is 1. The van der Waals surface area contributed by atoms with Crippen LogP contribution in [0.5, 0.6) is 0 Å². The number of H-pyrrole nitrogens is 1. The maximum Gasteiger partial charge on any atom is 0.266 e. The third-order valence-electron chi connectivity index (χ3n) is 5.49. The quantitative estimate of drug-likeness (QED) is 0.721. The Hall–Kier alpha value is -2.49. The van der Waals surface area contributed by atoms with E-state index in [0.717, 1.165) is 37.7 Å². The SMILES string of the molecule is FC1(F)CCN(c2cc(N3CCNCC3)nc(Nc3cc(C4CC4)[nH]n3)n2)C1. The largest absolute Gasteiger partial charge is 0.354 e. The molecule has 1 saturated carbocycles. The number of aromatic amines is 1. The normalized spacial score (nSPS) is 21.9. The molecule has 0 aromatic carbocycles. The van der Waals surface area contributed by atoms with Crippen molar-refractivity contribution < 1.29 is 8.78 Å². The van der Waals surface area contributed by atoms with Crippen LogP contribution in [0.1, 0.15) is 30.9 Å². The molecule has 0 atom stereocenters. The molecule has 0 spiro atoms. The summed E-state index contributed by atoms with van der Waals surface area (Å²) in [6.45, 7) is 3.36. The van der Waals surface area contributed by atoms with E-state index in [0.29, 0.717) is 30.0 Å². The predicted molar refractivity (Wildman–Crippen MR) is 103 cm³/mol. The van der Waals surface area contributed by atoms with Gasteiger partial charge >= 0.3 is 0 Å². The van der Waals surface area contributed by atoms with Crippen molar-refractivity contribution in [1.29, 1.82) is 0 Å². The summed E-state index contributed by atoms with van der Waals surface area (Å²) in [6.07, 6.45) is 2.22. The molecule has 28 heavy (non-hydrogen) atoms. The van der Waals surface area contributed by atoms with Gasteiger partial charge in [-0.25, -0.2) is 8.78 Å². The molecule has 3 aliphatic rings. The van der Waals surface area contributed by atoms with Crippen LogP contribution in [0.3, 0.4) is 0 Å². The number of rotatable bonds is 5. The number of halogens is 2. The zero-order chi connectivity index (χ0) is 19.1. The average Bonchev–Trinajstić information content (AvgIpc) is 3.34. The van der Waals surface area contributed by atoms with Crippen molar-refractivity contribution in [2.75, 3.05) is 54.4 Å². The fourth-order valence-electron chi connectivity index (χ4n) is 3.75. The van der Waals surface area contributed by atoms with Gasteiger partial charge in [0.2, 0.25) is 5.95 Å². The highest BCUT2D eigenvalue weighted by Gasteiger charge is 2.39. The number of hydrogen-bond acceptors (Lipinski definition) is 7. The number of hydrogen-bond donors (Lipinski definition) is 3. The van der Waals surface area contributed by atoms with Gasteiger partial charge in [-0.3, -0.25) is 5.10 Å². The molecule has 1 aliphatic carbocycles. The third kappa shape index (κ3) is 3.73. The van der Waals surface area contributed by atoms with Crippen LogP contribution in [0.2, 0.25) is 0 Å². The van der Waals surface area contributed by atoms with Crippen molar-refractivity contribution in [1.82, 2.24) is 25.5 Å².